The van der Waals surface area contributed by atoms with E-state index in [9.17, 15) is 5.11 Å². The Morgan fingerprint density at radius 2 is 0.742 bits per heavy atom. The van der Waals surface area contributed by atoms with E-state index in [2.05, 4.69) is 208 Å². The third kappa shape index (κ3) is 8.70. The highest BCUT2D eigenvalue weighted by Crippen LogP contribution is 2.41. The number of benzene rings is 8. The average molecular weight is 1220 g/mol. The molecule has 89 heavy (non-hydrogen) atoms. The lowest BCUT2D eigenvalue weighted by Crippen LogP contribution is -1.97. The van der Waals surface area contributed by atoms with E-state index in [4.69, 9.17) is 14.7 Å². The standard InChI is InChI=1S/C38H27N5O.C24H20N2O.C14H8BrN3/c1-22-17-23(2)35(24(3)18-22)34-21-41-38-32-20-26(10-12-27(32)29-7-4-5-9-33(29)43(34)38)44-25-11-13-28-30-8-6-14-39-36(30)42-16-15-40-37(42)31(28)19-25;1-14-10-15(2)23(16(3)11-14)22-13-25-24-20-12-17(27)8-9-18(20)19-6-4-5-7-21(19)26(22)24;15-9-3-4-10-11-2-1-5-16-13(11)18-7-6-17-14(18)12(10)8-9/h4-21H,1-3H3;4-13,27H,1-3H3;1-8H. The molecule has 0 aliphatic heterocycles. The topological polar surface area (TPSA) is 124 Å². The summed E-state index contributed by atoms with van der Waals surface area (Å²) < 4.78 is 16.2. The zero-order chi connectivity index (χ0) is 60.3. The molecule has 0 aliphatic carbocycles. The van der Waals surface area contributed by atoms with Crippen LogP contribution in [0.25, 0.3) is 132 Å². The molecule has 0 fully saturated rings. The third-order valence-corrected chi connectivity index (χ3v) is 17.8. The second kappa shape index (κ2) is 20.9. The monoisotopic (exact) mass is 1220 g/mol. The summed E-state index contributed by atoms with van der Waals surface area (Å²) >= 11 is 3.52. The Morgan fingerprint density at radius 3 is 1.25 bits per heavy atom. The van der Waals surface area contributed by atoms with Gasteiger partial charge in [-0.15, -0.1) is 0 Å². The highest BCUT2D eigenvalue weighted by molar-refractivity contribution is 9.10. The van der Waals surface area contributed by atoms with Crippen LogP contribution in [0.1, 0.15) is 33.4 Å². The number of imidazole rings is 4. The van der Waals surface area contributed by atoms with Crippen LogP contribution >= 0.6 is 15.9 Å². The van der Waals surface area contributed by atoms with E-state index in [0.717, 1.165) is 126 Å². The fourth-order valence-corrected chi connectivity index (χ4v) is 14.2. The molecular weight excluding hydrogens is 1160 g/mol. The number of ether oxygens (including phenoxy) is 1. The minimum absolute atomic E-state index is 0.256. The lowest BCUT2D eigenvalue weighted by atomic mass is 9.97. The molecule has 0 atom stereocenters. The Morgan fingerprint density at radius 1 is 0.348 bits per heavy atom. The van der Waals surface area contributed by atoms with Gasteiger partial charge in [0.15, 0.2) is 0 Å². The number of halogens is 1. The van der Waals surface area contributed by atoms with Crippen LogP contribution in [-0.2, 0) is 0 Å². The van der Waals surface area contributed by atoms with Crippen LogP contribution < -0.4 is 4.74 Å². The van der Waals surface area contributed by atoms with Crippen LogP contribution in [0, 0.1) is 41.5 Å². The van der Waals surface area contributed by atoms with Gasteiger partial charge < -0.3 is 9.84 Å². The molecule has 10 aromatic heterocycles. The van der Waals surface area contributed by atoms with Crippen LogP contribution in [0.2, 0.25) is 0 Å². The van der Waals surface area contributed by atoms with E-state index < -0.39 is 0 Å². The Balaban J connectivity index is 0.000000119. The van der Waals surface area contributed by atoms with Crippen molar-refractivity contribution in [3.05, 3.63) is 257 Å². The molecule has 10 heterocycles. The maximum atomic E-state index is 10.1. The quantitative estimate of drug-likeness (QED) is 0.173. The largest absolute Gasteiger partial charge is 0.508 e. The summed E-state index contributed by atoms with van der Waals surface area (Å²) in [6, 6.07) is 58.3. The second-order valence-electron chi connectivity index (χ2n) is 23.1. The fraction of sp³-hybridized carbons (Fsp3) is 0.0789. The van der Waals surface area contributed by atoms with Gasteiger partial charge in [-0.3, -0.25) is 17.6 Å². The van der Waals surface area contributed by atoms with Crippen molar-refractivity contribution in [3.63, 3.8) is 0 Å². The number of aromatic hydroxyl groups is 1. The summed E-state index contributed by atoms with van der Waals surface area (Å²) in [6.07, 6.45) is 15.1. The third-order valence-electron chi connectivity index (χ3n) is 17.3. The molecule has 428 valence electrons. The van der Waals surface area contributed by atoms with E-state index in [1.807, 2.05) is 101 Å². The molecular formula is C76H55BrN10O2. The van der Waals surface area contributed by atoms with Gasteiger partial charge in [-0.05, 0) is 188 Å². The smallest absolute Gasteiger partial charge is 0.146 e. The van der Waals surface area contributed by atoms with E-state index in [0.29, 0.717) is 0 Å². The number of rotatable bonds is 4. The van der Waals surface area contributed by atoms with Crippen LogP contribution in [0.5, 0.6) is 17.2 Å². The number of para-hydroxylation sites is 2. The summed E-state index contributed by atoms with van der Waals surface area (Å²) in [5.74, 6) is 1.76. The predicted octanol–water partition coefficient (Wildman–Crippen LogP) is 19.1. The highest BCUT2D eigenvalue weighted by atomic mass is 79.9. The first-order valence-corrected chi connectivity index (χ1v) is 30.3. The molecule has 13 heteroatoms. The van der Waals surface area contributed by atoms with Gasteiger partial charge in [0.1, 0.15) is 51.1 Å². The van der Waals surface area contributed by atoms with Crippen molar-refractivity contribution < 1.29 is 9.84 Å². The fourth-order valence-electron chi connectivity index (χ4n) is 13.9. The highest BCUT2D eigenvalue weighted by Gasteiger charge is 2.21. The number of hydrogen-bond acceptors (Lipinski definition) is 8. The van der Waals surface area contributed by atoms with Gasteiger partial charge in [0.25, 0.3) is 0 Å². The molecule has 0 amide bonds. The lowest BCUT2D eigenvalue weighted by Gasteiger charge is -2.15. The Bertz CT molecular complexity index is 5930. The van der Waals surface area contributed by atoms with Crippen LogP contribution in [0.4, 0.5) is 0 Å². The van der Waals surface area contributed by atoms with Gasteiger partial charge >= 0.3 is 0 Å². The minimum atomic E-state index is 0.256. The summed E-state index contributed by atoms with van der Waals surface area (Å²) in [4.78, 5) is 28.0. The molecule has 0 saturated heterocycles. The van der Waals surface area contributed by atoms with Gasteiger partial charge in [-0.2, -0.15) is 0 Å². The van der Waals surface area contributed by atoms with Gasteiger partial charge in [0, 0.05) is 95.9 Å². The van der Waals surface area contributed by atoms with Crippen molar-refractivity contribution in [2.24, 2.45) is 0 Å². The number of aryl methyl sites for hydroxylation is 6. The number of fused-ring (bicyclic) bond motifs is 24. The first-order valence-electron chi connectivity index (χ1n) is 29.5. The Hall–Kier alpha value is -11.0. The van der Waals surface area contributed by atoms with Crippen molar-refractivity contribution in [3.8, 4) is 39.8 Å². The second-order valence-corrected chi connectivity index (χ2v) is 24.0. The van der Waals surface area contributed by atoms with E-state index >= 15 is 0 Å². The number of pyridine rings is 6. The van der Waals surface area contributed by atoms with Crippen molar-refractivity contribution in [1.82, 2.24) is 47.5 Å². The molecule has 1 N–H and O–H groups in total. The molecule has 8 aromatic carbocycles. The van der Waals surface area contributed by atoms with E-state index in [1.165, 1.54) is 55.3 Å². The lowest BCUT2D eigenvalue weighted by molar-refractivity contribution is 0.476. The van der Waals surface area contributed by atoms with Crippen molar-refractivity contribution in [2.45, 2.75) is 41.5 Å². The molecule has 0 spiro atoms. The molecule has 0 radical (unpaired) electrons. The zero-order valence-corrected chi connectivity index (χ0v) is 51.1. The molecule has 0 bridgehead atoms. The first-order chi connectivity index (χ1) is 43.4. The van der Waals surface area contributed by atoms with E-state index in [-0.39, 0.29) is 5.75 Å². The molecule has 0 saturated carbocycles. The van der Waals surface area contributed by atoms with Gasteiger partial charge in [-0.25, -0.2) is 29.9 Å². The van der Waals surface area contributed by atoms with Gasteiger partial charge in [0.2, 0.25) is 0 Å². The predicted molar refractivity (Wildman–Crippen MR) is 365 cm³/mol. The first kappa shape index (κ1) is 53.5. The normalized spacial score (nSPS) is 11.8. The molecule has 0 aliphatic rings. The van der Waals surface area contributed by atoms with Gasteiger partial charge in [-0.1, -0.05) is 93.8 Å². The van der Waals surface area contributed by atoms with Crippen LogP contribution in [-0.4, -0.2) is 52.6 Å². The maximum absolute atomic E-state index is 10.1. The number of phenols is 1. The minimum Gasteiger partial charge on any atom is -0.508 e. The number of nitrogens with zero attached hydrogens (tertiary/aromatic N) is 10. The number of hydrogen-bond donors (Lipinski definition) is 1. The van der Waals surface area contributed by atoms with Gasteiger partial charge in [0.05, 0.1) is 34.8 Å². The maximum Gasteiger partial charge on any atom is 0.146 e. The van der Waals surface area contributed by atoms with E-state index in [1.54, 1.807) is 6.07 Å². The van der Waals surface area contributed by atoms with Crippen molar-refractivity contribution in [1.29, 1.82) is 0 Å². The molecule has 12 nitrogen and oxygen atoms in total. The summed E-state index contributed by atoms with van der Waals surface area (Å²) in [6.45, 7) is 13.0. The van der Waals surface area contributed by atoms with Crippen molar-refractivity contribution in [2.75, 3.05) is 0 Å². The van der Waals surface area contributed by atoms with Crippen LogP contribution in [0.15, 0.2) is 224 Å². The summed E-state index contributed by atoms with van der Waals surface area (Å²) in [7, 11) is 0. The van der Waals surface area contributed by atoms with Crippen molar-refractivity contribution >= 4 is 125 Å². The molecule has 18 rings (SSSR count). The average Bonchev–Trinajstić information content (AvgIpc) is 1.86. The Kier molecular flexibility index (Phi) is 12.5. The molecule has 18 aromatic rings. The number of phenolic OH excluding ortho intramolecular Hbond substituents is 1. The Labute approximate surface area is 518 Å². The number of aromatic nitrogens is 10. The summed E-state index contributed by atoms with van der Waals surface area (Å²) in [5.41, 5.74) is 19.8. The van der Waals surface area contributed by atoms with Crippen LogP contribution in [0.3, 0.4) is 0 Å². The molecule has 0 unspecified atom stereocenters. The summed E-state index contributed by atoms with van der Waals surface area (Å²) in [5, 5.41) is 23.3. The SMILES string of the molecule is Brc1ccc2c3cccnc3n3ccnc3c2c1.Cc1cc(C)c(-c2cnc3c4cc(O)ccc4c4ccccc4n23)c(C)c1.Cc1cc(C)c(-c2cnc3c4cc(Oc5ccc6c7cccnc7n7ccnc7c6c5)ccc4c4ccccc4n23)c(C)c1. The zero-order valence-electron chi connectivity index (χ0n) is 49.5.